The van der Waals surface area contributed by atoms with E-state index < -0.39 is 0 Å². The maximum atomic E-state index is 10.6. The quantitative estimate of drug-likeness (QED) is 0.459. The molecule has 10 heavy (non-hydrogen) atoms. The molecular formula is C7H14O3. The standard InChI is InChI=1S/C7H14O3/c1-2-4-7(9)10-6-3-5-8/h8H,2-6H2,1H3. The van der Waals surface area contributed by atoms with Gasteiger partial charge in [-0.25, -0.2) is 0 Å². The molecule has 0 saturated carbocycles. The highest BCUT2D eigenvalue weighted by Gasteiger charge is 1.98. The van der Waals surface area contributed by atoms with E-state index in [1.165, 1.54) is 0 Å². The number of ether oxygens (including phenoxy) is 1. The van der Waals surface area contributed by atoms with Crippen molar-refractivity contribution in [2.24, 2.45) is 0 Å². The smallest absolute Gasteiger partial charge is 0.305 e. The third-order valence-electron chi connectivity index (χ3n) is 1.02. The first-order valence-corrected chi connectivity index (χ1v) is 3.57. The lowest BCUT2D eigenvalue weighted by Gasteiger charge is -2.00. The van der Waals surface area contributed by atoms with Gasteiger partial charge in [-0.15, -0.1) is 0 Å². The third-order valence-corrected chi connectivity index (χ3v) is 1.02. The molecule has 0 fully saturated rings. The summed E-state index contributed by atoms with van der Waals surface area (Å²) in [7, 11) is 0. The average molecular weight is 146 g/mol. The molecule has 0 aromatic carbocycles. The van der Waals surface area contributed by atoms with Crippen LogP contribution in [0.5, 0.6) is 0 Å². The monoisotopic (exact) mass is 146 g/mol. The molecule has 0 radical (unpaired) electrons. The molecule has 0 heterocycles. The second kappa shape index (κ2) is 6.55. The maximum absolute atomic E-state index is 10.6. The molecule has 0 aliphatic heterocycles. The molecule has 0 saturated heterocycles. The van der Waals surface area contributed by atoms with E-state index in [1.807, 2.05) is 6.92 Å². The molecule has 0 aliphatic rings. The Morgan fingerprint density at radius 2 is 2.30 bits per heavy atom. The fourth-order valence-electron chi connectivity index (χ4n) is 0.527. The predicted molar refractivity (Wildman–Crippen MR) is 37.6 cm³/mol. The molecule has 0 rings (SSSR count). The molecule has 3 nitrogen and oxygen atoms in total. The van der Waals surface area contributed by atoms with E-state index in [1.54, 1.807) is 0 Å². The van der Waals surface area contributed by atoms with Crippen molar-refractivity contribution in [3.63, 3.8) is 0 Å². The van der Waals surface area contributed by atoms with Gasteiger partial charge in [0.25, 0.3) is 0 Å². The van der Waals surface area contributed by atoms with Gasteiger partial charge in [0.2, 0.25) is 0 Å². The number of carbonyl (C=O) groups excluding carboxylic acids is 1. The summed E-state index contributed by atoms with van der Waals surface area (Å²) in [5, 5.41) is 8.32. The van der Waals surface area contributed by atoms with Crippen molar-refractivity contribution in [3.8, 4) is 0 Å². The summed E-state index contributed by atoms with van der Waals surface area (Å²) in [5.74, 6) is -0.170. The Bertz CT molecular complexity index is 90.9. The van der Waals surface area contributed by atoms with Crippen molar-refractivity contribution in [2.75, 3.05) is 13.2 Å². The Labute approximate surface area is 61.0 Å². The normalized spacial score (nSPS) is 9.40. The summed E-state index contributed by atoms with van der Waals surface area (Å²) in [6, 6.07) is 0. The first-order valence-electron chi connectivity index (χ1n) is 3.57. The Kier molecular flexibility index (Phi) is 6.18. The lowest BCUT2D eigenvalue weighted by Crippen LogP contribution is -2.05. The third kappa shape index (κ3) is 5.56. The topological polar surface area (TPSA) is 46.5 Å². The minimum atomic E-state index is -0.170. The summed E-state index contributed by atoms with van der Waals surface area (Å²) in [5.41, 5.74) is 0. The zero-order chi connectivity index (χ0) is 7.82. The van der Waals surface area contributed by atoms with Gasteiger partial charge in [0.05, 0.1) is 6.61 Å². The molecular weight excluding hydrogens is 132 g/mol. The van der Waals surface area contributed by atoms with Crippen LogP contribution in [0.2, 0.25) is 0 Å². The van der Waals surface area contributed by atoms with Crippen LogP contribution in [-0.4, -0.2) is 24.3 Å². The van der Waals surface area contributed by atoms with E-state index in [2.05, 4.69) is 0 Å². The first-order chi connectivity index (χ1) is 4.81. The van der Waals surface area contributed by atoms with Crippen molar-refractivity contribution in [2.45, 2.75) is 26.2 Å². The van der Waals surface area contributed by atoms with Gasteiger partial charge >= 0.3 is 5.97 Å². The summed E-state index contributed by atoms with van der Waals surface area (Å²) in [4.78, 5) is 10.6. The molecule has 0 aliphatic carbocycles. The fraction of sp³-hybridized carbons (Fsp3) is 0.857. The van der Waals surface area contributed by atoms with Gasteiger partial charge in [-0.05, 0) is 6.42 Å². The van der Waals surface area contributed by atoms with Gasteiger partial charge in [0, 0.05) is 19.4 Å². The van der Waals surface area contributed by atoms with Gasteiger partial charge in [-0.1, -0.05) is 6.92 Å². The lowest BCUT2D eigenvalue weighted by atomic mass is 10.3. The molecule has 1 N–H and O–H groups in total. The van der Waals surface area contributed by atoms with Crippen molar-refractivity contribution < 1.29 is 14.6 Å². The van der Waals surface area contributed by atoms with Crippen molar-refractivity contribution in [1.82, 2.24) is 0 Å². The minimum absolute atomic E-state index is 0.0827. The van der Waals surface area contributed by atoms with Gasteiger partial charge in [0.15, 0.2) is 0 Å². The molecule has 60 valence electrons. The Hall–Kier alpha value is -0.570. The zero-order valence-electron chi connectivity index (χ0n) is 6.30. The predicted octanol–water partition coefficient (Wildman–Crippen LogP) is 0.712. The number of rotatable bonds is 5. The molecule has 3 heteroatoms. The highest BCUT2D eigenvalue weighted by Crippen LogP contribution is 1.91. The van der Waals surface area contributed by atoms with Gasteiger partial charge in [-0.2, -0.15) is 0 Å². The van der Waals surface area contributed by atoms with E-state index in [0.717, 1.165) is 6.42 Å². The molecule has 0 spiro atoms. The molecule has 0 aromatic heterocycles. The van der Waals surface area contributed by atoms with Crippen molar-refractivity contribution >= 4 is 5.97 Å². The van der Waals surface area contributed by atoms with Crippen LogP contribution in [0, 0.1) is 0 Å². The summed E-state index contributed by atoms with van der Waals surface area (Å²) in [6.45, 7) is 2.35. The summed E-state index contributed by atoms with van der Waals surface area (Å²) >= 11 is 0. The van der Waals surface area contributed by atoms with E-state index in [0.29, 0.717) is 19.4 Å². The van der Waals surface area contributed by atoms with Crippen LogP contribution in [0.3, 0.4) is 0 Å². The van der Waals surface area contributed by atoms with Gasteiger partial charge in [-0.3, -0.25) is 4.79 Å². The first kappa shape index (κ1) is 9.43. The van der Waals surface area contributed by atoms with Crippen molar-refractivity contribution in [1.29, 1.82) is 0 Å². The van der Waals surface area contributed by atoms with E-state index in [9.17, 15) is 4.79 Å². The number of aliphatic hydroxyl groups is 1. The number of aliphatic hydroxyl groups excluding tert-OH is 1. The van der Waals surface area contributed by atoms with E-state index >= 15 is 0 Å². The SMILES string of the molecule is CCCC(=O)OCCCO. The molecule has 0 aromatic rings. The molecule has 0 unspecified atom stereocenters. The highest BCUT2D eigenvalue weighted by molar-refractivity contribution is 5.69. The van der Waals surface area contributed by atoms with Crippen LogP contribution in [0.15, 0.2) is 0 Å². The Morgan fingerprint density at radius 1 is 1.60 bits per heavy atom. The number of esters is 1. The highest BCUT2D eigenvalue weighted by atomic mass is 16.5. The van der Waals surface area contributed by atoms with Crippen LogP contribution in [-0.2, 0) is 9.53 Å². The molecule has 0 amide bonds. The summed E-state index contributed by atoms with van der Waals surface area (Å²) in [6.07, 6.45) is 1.83. The Balaban J connectivity index is 3.05. The number of carbonyl (C=O) groups is 1. The Morgan fingerprint density at radius 3 is 2.80 bits per heavy atom. The van der Waals surface area contributed by atoms with Crippen LogP contribution in [0.4, 0.5) is 0 Å². The number of hydrogen-bond donors (Lipinski definition) is 1. The zero-order valence-corrected chi connectivity index (χ0v) is 6.30. The van der Waals surface area contributed by atoms with Crippen molar-refractivity contribution in [3.05, 3.63) is 0 Å². The maximum Gasteiger partial charge on any atom is 0.305 e. The number of hydrogen-bond acceptors (Lipinski definition) is 3. The molecule has 0 bridgehead atoms. The van der Waals surface area contributed by atoms with Crippen LogP contribution in [0.25, 0.3) is 0 Å². The van der Waals surface area contributed by atoms with E-state index in [4.69, 9.17) is 9.84 Å². The largest absolute Gasteiger partial charge is 0.466 e. The van der Waals surface area contributed by atoms with Crippen LogP contribution < -0.4 is 0 Å². The molecule has 0 atom stereocenters. The second-order valence-electron chi connectivity index (χ2n) is 2.05. The van der Waals surface area contributed by atoms with Gasteiger partial charge < -0.3 is 9.84 Å². The second-order valence-corrected chi connectivity index (χ2v) is 2.05. The summed E-state index contributed by atoms with van der Waals surface area (Å²) < 4.78 is 4.72. The average Bonchev–Trinajstić information content (AvgIpc) is 1.89. The van der Waals surface area contributed by atoms with Crippen LogP contribution >= 0.6 is 0 Å². The lowest BCUT2D eigenvalue weighted by molar-refractivity contribution is -0.143. The van der Waals surface area contributed by atoms with Gasteiger partial charge in [0.1, 0.15) is 0 Å². The van der Waals surface area contributed by atoms with E-state index in [-0.39, 0.29) is 12.6 Å². The van der Waals surface area contributed by atoms with Crippen LogP contribution in [0.1, 0.15) is 26.2 Å². The fourth-order valence-corrected chi connectivity index (χ4v) is 0.527. The minimum Gasteiger partial charge on any atom is -0.466 e.